The number of nitrogens with zero attached hydrogens (tertiary/aromatic N) is 1. The van der Waals surface area contributed by atoms with Gasteiger partial charge in [0.1, 0.15) is 5.82 Å². The summed E-state index contributed by atoms with van der Waals surface area (Å²) in [6, 6.07) is 5.26. The lowest BCUT2D eigenvalue weighted by molar-refractivity contribution is -0.148. The third-order valence-corrected chi connectivity index (χ3v) is 10.0. The summed E-state index contributed by atoms with van der Waals surface area (Å²) in [5.41, 5.74) is 1.29. The van der Waals surface area contributed by atoms with Crippen molar-refractivity contribution in [2.45, 2.75) is 50.9 Å². The molecule has 6 heteroatoms. The topological polar surface area (TPSA) is 44.4 Å². The summed E-state index contributed by atoms with van der Waals surface area (Å²) in [7, 11) is 0. The monoisotopic (exact) mass is 469 g/mol. The molecular weight excluding hydrogens is 433 g/mol. The Balaban J connectivity index is 1.09. The predicted molar refractivity (Wildman–Crippen MR) is 132 cm³/mol. The number of carbonyl (C=O) groups is 1. The zero-order valence-corrected chi connectivity index (χ0v) is 20.3. The van der Waals surface area contributed by atoms with Gasteiger partial charge in [-0.1, -0.05) is 6.07 Å². The van der Waals surface area contributed by atoms with Crippen molar-refractivity contribution in [1.82, 2.24) is 15.5 Å². The first-order valence-electron chi connectivity index (χ1n) is 13.0. The fraction of sp³-hybridized carbons (Fsp3) is 0.667. The highest BCUT2D eigenvalue weighted by atomic mass is 32.1. The van der Waals surface area contributed by atoms with Gasteiger partial charge >= 0.3 is 0 Å². The molecule has 1 aliphatic heterocycles. The largest absolute Gasteiger partial charge is 0.356 e. The van der Waals surface area contributed by atoms with Crippen molar-refractivity contribution in [3.8, 4) is 0 Å². The molecule has 1 saturated heterocycles. The number of unbranched alkanes of at least 4 members (excludes halogenated alkanes) is 1. The van der Waals surface area contributed by atoms with Gasteiger partial charge in [0.2, 0.25) is 5.91 Å². The van der Waals surface area contributed by atoms with Crippen molar-refractivity contribution in [3.05, 3.63) is 35.0 Å². The van der Waals surface area contributed by atoms with Crippen molar-refractivity contribution < 1.29 is 9.18 Å². The quantitative estimate of drug-likeness (QED) is 0.575. The molecular formula is C27H36FN3OS. The van der Waals surface area contributed by atoms with E-state index < -0.39 is 0 Å². The first kappa shape index (κ1) is 22.0. The van der Waals surface area contributed by atoms with E-state index in [-0.39, 0.29) is 11.2 Å². The smallest absolute Gasteiger partial charge is 0.226 e. The standard InChI is InChI=1S/C27H36FN3OS/c28-21-3-4-22-23(17-33-24(22)13-21)25-19-11-18-12-20(25)16-27(14-18,15-19)26(32)30-5-1-2-8-31-9-6-29-7-10-31/h3-4,13,17-20,25,29H,1-2,5-12,14-16H2,(H,30,32). The maximum absolute atomic E-state index is 13.7. The first-order valence-corrected chi connectivity index (χ1v) is 13.9. The summed E-state index contributed by atoms with van der Waals surface area (Å²) < 4.78 is 14.8. The molecule has 4 nitrogen and oxygen atoms in total. The Labute approximate surface area is 200 Å². The van der Waals surface area contributed by atoms with E-state index in [1.54, 1.807) is 23.5 Å². The van der Waals surface area contributed by atoms with Gasteiger partial charge in [-0.15, -0.1) is 11.3 Å². The number of carbonyl (C=O) groups excluding carboxylic acids is 1. The number of hydrogen-bond donors (Lipinski definition) is 2. The SMILES string of the molecule is O=C(NCCCCN1CCNCC1)C12CC3CC(C1)C(c1csc4cc(F)ccc14)C(C3)C2. The van der Waals surface area contributed by atoms with Crippen molar-refractivity contribution in [1.29, 1.82) is 0 Å². The van der Waals surface area contributed by atoms with E-state index in [4.69, 9.17) is 0 Å². The number of halogens is 1. The average molecular weight is 470 g/mol. The number of rotatable bonds is 7. The van der Waals surface area contributed by atoms with Gasteiger partial charge in [0, 0.05) is 37.4 Å². The lowest BCUT2D eigenvalue weighted by Gasteiger charge is -2.59. The summed E-state index contributed by atoms with van der Waals surface area (Å²) in [5.74, 6) is 2.62. The lowest BCUT2D eigenvalue weighted by Crippen LogP contribution is -2.56. The second-order valence-electron chi connectivity index (χ2n) is 11.2. The minimum atomic E-state index is -0.149. The van der Waals surface area contributed by atoms with Crippen LogP contribution >= 0.6 is 11.3 Å². The van der Waals surface area contributed by atoms with Gasteiger partial charge in [-0.3, -0.25) is 4.79 Å². The van der Waals surface area contributed by atoms with E-state index >= 15 is 0 Å². The molecule has 33 heavy (non-hydrogen) atoms. The molecule has 2 aromatic rings. The zero-order chi connectivity index (χ0) is 22.4. The number of piperazine rings is 1. The highest BCUT2D eigenvalue weighted by Crippen LogP contribution is 2.65. The van der Waals surface area contributed by atoms with Crippen LogP contribution in [0, 0.1) is 29.0 Å². The molecule has 1 amide bonds. The Kier molecular flexibility index (Phi) is 5.96. The zero-order valence-electron chi connectivity index (χ0n) is 19.5. The van der Waals surface area contributed by atoms with Crippen LogP contribution in [0.4, 0.5) is 4.39 Å². The van der Waals surface area contributed by atoms with E-state index in [1.165, 1.54) is 23.8 Å². The summed E-state index contributed by atoms with van der Waals surface area (Å²) in [5, 5.41) is 10.3. The number of amides is 1. The number of nitrogens with one attached hydrogen (secondary N) is 2. The Morgan fingerprint density at radius 2 is 1.94 bits per heavy atom. The molecule has 2 N–H and O–H groups in total. The van der Waals surface area contributed by atoms with E-state index in [0.29, 0.717) is 29.6 Å². The van der Waals surface area contributed by atoms with Gasteiger partial charge in [-0.25, -0.2) is 4.39 Å². The molecule has 2 atom stereocenters. The van der Waals surface area contributed by atoms with Gasteiger partial charge in [0.15, 0.2) is 0 Å². The molecule has 5 aliphatic rings. The minimum absolute atomic E-state index is 0.135. The third-order valence-electron chi connectivity index (χ3n) is 9.08. The molecule has 0 radical (unpaired) electrons. The number of hydrogen-bond acceptors (Lipinski definition) is 4. The van der Waals surface area contributed by atoms with Crippen LogP contribution in [0.1, 0.15) is 56.4 Å². The average Bonchev–Trinajstić information content (AvgIpc) is 3.21. The molecule has 1 aromatic carbocycles. The van der Waals surface area contributed by atoms with Gasteiger partial charge in [-0.05, 0) is 104 Å². The van der Waals surface area contributed by atoms with Crippen LogP contribution in [0.15, 0.2) is 23.6 Å². The van der Waals surface area contributed by atoms with E-state index in [0.717, 1.165) is 76.1 Å². The molecule has 5 fully saturated rings. The van der Waals surface area contributed by atoms with Gasteiger partial charge in [-0.2, -0.15) is 0 Å². The van der Waals surface area contributed by atoms with Gasteiger partial charge in [0.05, 0.1) is 5.41 Å². The van der Waals surface area contributed by atoms with Gasteiger partial charge < -0.3 is 15.5 Å². The van der Waals surface area contributed by atoms with E-state index in [1.807, 2.05) is 6.07 Å². The fourth-order valence-corrected chi connectivity index (χ4v) is 8.91. The van der Waals surface area contributed by atoms with Crippen LogP contribution in [0.5, 0.6) is 0 Å². The minimum Gasteiger partial charge on any atom is -0.356 e. The van der Waals surface area contributed by atoms with Crippen LogP contribution in [0.2, 0.25) is 0 Å². The molecule has 7 rings (SSSR count). The van der Waals surface area contributed by atoms with Crippen molar-refractivity contribution in [3.63, 3.8) is 0 Å². The summed E-state index contributed by atoms with van der Waals surface area (Å²) in [6.07, 6.45) is 7.93. The Morgan fingerprint density at radius 1 is 1.15 bits per heavy atom. The van der Waals surface area contributed by atoms with E-state index in [9.17, 15) is 9.18 Å². The highest BCUT2D eigenvalue weighted by Gasteiger charge is 2.58. The van der Waals surface area contributed by atoms with Crippen LogP contribution in [0.25, 0.3) is 10.1 Å². The first-order chi connectivity index (χ1) is 16.1. The second kappa shape index (κ2) is 8.94. The molecule has 0 spiro atoms. The van der Waals surface area contributed by atoms with Crippen LogP contribution in [-0.2, 0) is 4.79 Å². The Hall–Kier alpha value is -1.50. The maximum atomic E-state index is 13.7. The van der Waals surface area contributed by atoms with E-state index in [2.05, 4.69) is 20.9 Å². The van der Waals surface area contributed by atoms with Crippen LogP contribution in [-0.4, -0.2) is 50.1 Å². The van der Waals surface area contributed by atoms with Crippen molar-refractivity contribution in [2.75, 3.05) is 39.3 Å². The maximum Gasteiger partial charge on any atom is 0.226 e. The molecule has 2 unspecified atom stereocenters. The molecule has 4 saturated carbocycles. The normalized spacial score (nSPS) is 33.6. The van der Waals surface area contributed by atoms with Crippen LogP contribution in [0.3, 0.4) is 0 Å². The Morgan fingerprint density at radius 3 is 2.73 bits per heavy atom. The summed E-state index contributed by atoms with van der Waals surface area (Å²) in [4.78, 5) is 16.0. The molecule has 2 heterocycles. The molecule has 4 aliphatic carbocycles. The Bertz CT molecular complexity index is 1000. The number of fused-ring (bicyclic) bond motifs is 1. The highest BCUT2D eigenvalue weighted by molar-refractivity contribution is 7.17. The second-order valence-corrected chi connectivity index (χ2v) is 12.1. The molecule has 1 aromatic heterocycles. The van der Waals surface area contributed by atoms with Crippen molar-refractivity contribution >= 4 is 27.3 Å². The van der Waals surface area contributed by atoms with Gasteiger partial charge in [0.25, 0.3) is 0 Å². The van der Waals surface area contributed by atoms with Crippen LogP contribution < -0.4 is 10.6 Å². The fourth-order valence-electron chi connectivity index (χ4n) is 7.88. The molecule has 178 valence electrons. The summed E-state index contributed by atoms with van der Waals surface area (Å²) >= 11 is 1.68. The van der Waals surface area contributed by atoms with Crippen molar-refractivity contribution in [2.24, 2.45) is 23.2 Å². The predicted octanol–water partition coefficient (Wildman–Crippen LogP) is 4.75. The molecule has 4 bridgehead atoms. The lowest BCUT2D eigenvalue weighted by atomic mass is 9.45. The number of thiophene rings is 1. The third kappa shape index (κ3) is 4.12. The summed E-state index contributed by atoms with van der Waals surface area (Å²) in [6.45, 7) is 6.46. The number of benzene rings is 1.